The number of carbonyl (C=O) groups is 1. The van der Waals surface area contributed by atoms with Crippen LogP contribution in [-0.2, 0) is 18.9 Å². The monoisotopic (exact) mass is 367 g/mol. The second kappa shape index (κ2) is 8.20. The summed E-state index contributed by atoms with van der Waals surface area (Å²) in [6, 6.07) is 9.97. The van der Waals surface area contributed by atoms with Crippen molar-refractivity contribution in [3.63, 3.8) is 0 Å². The molecular formula is C21H25N3O3. The largest absolute Gasteiger partial charge is 0.345 e. The summed E-state index contributed by atoms with van der Waals surface area (Å²) in [5, 5.41) is 3.10. The topological polar surface area (TPSA) is 73.1 Å². The molecule has 1 fully saturated rings. The van der Waals surface area contributed by atoms with Gasteiger partial charge in [0.05, 0.1) is 11.6 Å². The van der Waals surface area contributed by atoms with Crippen LogP contribution in [0.5, 0.6) is 0 Å². The zero-order valence-electron chi connectivity index (χ0n) is 15.7. The van der Waals surface area contributed by atoms with Gasteiger partial charge in [0, 0.05) is 26.4 Å². The van der Waals surface area contributed by atoms with Crippen LogP contribution in [0.1, 0.15) is 42.9 Å². The highest BCUT2D eigenvalue weighted by atomic mass is 16.2. The lowest BCUT2D eigenvalue weighted by molar-refractivity contribution is -0.117. The van der Waals surface area contributed by atoms with E-state index in [2.05, 4.69) is 5.32 Å². The van der Waals surface area contributed by atoms with Crippen LogP contribution in [0, 0.1) is 5.92 Å². The van der Waals surface area contributed by atoms with Gasteiger partial charge in [0.15, 0.2) is 0 Å². The molecule has 1 atom stereocenters. The number of aryl methyl sites for hydroxylation is 1. The number of amides is 1. The lowest BCUT2D eigenvalue weighted by Crippen LogP contribution is -2.37. The van der Waals surface area contributed by atoms with Gasteiger partial charge in [-0.3, -0.25) is 14.2 Å². The molecular weight excluding hydrogens is 342 g/mol. The number of benzene rings is 1. The molecule has 2 aromatic rings. The van der Waals surface area contributed by atoms with E-state index in [0.717, 1.165) is 23.0 Å². The van der Waals surface area contributed by atoms with Crippen LogP contribution < -0.4 is 16.6 Å². The molecule has 1 amide bonds. The first-order valence-electron chi connectivity index (χ1n) is 9.27. The van der Waals surface area contributed by atoms with E-state index in [9.17, 15) is 14.4 Å². The third kappa shape index (κ3) is 4.27. The third-order valence-corrected chi connectivity index (χ3v) is 5.21. The minimum absolute atomic E-state index is 0.0335. The zero-order valence-corrected chi connectivity index (χ0v) is 15.7. The highest BCUT2D eigenvalue weighted by Gasteiger charge is 2.27. The summed E-state index contributed by atoms with van der Waals surface area (Å²) < 4.78 is 2.35. The summed E-state index contributed by atoms with van der Waals surface area (Å²) in [6.07, 6.45) is 8.86. The molecule has 0 bridgehead atoms. The molecule has 1 aromatic heterocycles. The van der Waals surface area contributed by atoms with Gasteiger partial charge in [-0.05, 0) is 30.4 Å². The van der Waals surface area contributed by atoms with E-state index in [1.165, 1.54) is 42.8 Å². The number of nitrogens with zero attached hydrogens (tertiary/aromatic N) is 2. The van der Waals surface area contributed by atoms with Crippen molar-refractivity contribution in [3.8, 4) is 0 Å². The van der Waals surface area contributed by atoms with E-state index in [4.69, 9.17) is 0 Å². The number of hydrogen-bond donors (Lipinski definition) is 1. The molecule has 6 nitrogen and oxygen atoms in total. The summed E-state index contributed by atoms with van der Waals surface area (Å²) in [7, 11) is 3.00. The molecule has 0 radical (unpaired) electrons. The maximum absolute atomic E-state index is 12.5. The molecule has 1 aromatic carbocycles. The number of nitrogens with one attached hydrogen (secondary N) is 1. The van der Waals surface area contributed by atoms with E-state index in [1.807, 2.05) is 30.3 Å². The van der Waals surface area contributed by atoms with Crippen molar-refractivity contribution in [1.29, 1.82) is 0 Å². The van der Waals surface area contributed by atoms with Gasteiger partial charge < -0.3 is 9.88 Å². The van der Waals surface area contributed by atoms with Crippen molar-refractivity contribution >= 4 is 12.0 Å². The van der Waals surface area contributed by atoms with Crippen molar-refractivity contribution in [2.24, 2.45) is 20.0 Å². The predicted molar refractivity (Wildman–Crippen MR) is 105 cm³/mol. The van der Waals surface area contributed by atoms with Crippen LogP contribution in [0.15, 0.2) is 52.2 Å². The van der Waals surface area contributed by atoms with Gasteiger partial charge >= 0.3 is 5.69 Å². The Morgan fingerprint density at radius 3 is 2.48 bits per heavy atom. The summed E-state index contributed by atoms with van der Waals surface area (Å²) in [6.45, 7) is 0. The summed E-state index contributed by atoms with van der Waals surface area (Å²) in [5.41, 5.74) is 0.584. The lowest BCUT2D eigenvalue weighted by atomic mass is 9.91. The van der Waals surface area contributed by atoms with Crippen LogP contribution in [0.25, 0.3) is 6.08 Å². The molecule has 1 aliphatic carbocycles. The molecule has 1 aliphatic rings. The van der Waals surface area contributed by atoms with E-state index in [-0.39, 0.29) is 11.9 Å². The first-order valence-corrected chi connectivity index (χ1v) is 9.27. The summed E-state index contributed by atoms with van der Waals surface area (Å²) in [5.74, 6) is 0.182. The number of rotatable bonds is 5. The first kappa shape index (κ1) is 18.9. The normalized spacial score (nSPS) is 15.9. The zero-order chi connectivity index (χ0) is 19.4. The standard InChI is InChI=1S/C21H25N3O3/c1-23-14-17(20(26)24(2)21(23)27)12-13-18(25)22-19(16-10-6-7-11-16)15-8-4-3-5-9-15/h3-5,8-9,12-14,16,19H,6-7,10-11H2,1-2H3,(H,22,25). The average Bonchev–Trinajstić information content (AvgIpc) is 3.21. The Labute approximate surface area is 158 Å². The Balaban J connectivity index is 1.80. The molecule has 3 rings (SSSR count). The molecule has 1 heterocycles. The fraction of sp³-hybridized carbons (Fsp3) is 0.381. The van der Waals surface area contributed by atoms with Crippen LogP contribution in [0.4, 0.5) is 0 Å². The maximum atomic E-state index is 12.5. The van der Waals surface area contributed by atoms with E-state index >= 15 is 0 Å². The Kier molecular flexibility index (Phi) is 5.74. The Morgan fingerprint density at radius 1 is 1.15 bits per heavy atom. The Hall–Kier alpha value is -2.89. The maximum Gasteiger partial charge on any atom is 0.330 e. The van der Waals surface area contributed by atoms with Gasteiger partial charge in [-0.2, -0.15) is 0 Å². The molecule has 142 valence electrons. The van der Waals surface area contributed by atoms with Crippen molar-refractivity contribution in [2.75, 3.05) is 0 Å². The van der Waals surface area contributed by atoms with Crippen LogP contribution in [0.3, 0.4) is 0 Å². The van der Waals surface area contributed by atoms with Gasteiger partial charge in [-0.1, -0.05) is 43.2 Å². The van der Waals surface area contributed by atoms with Crippen LogP contribution >= 0.6 is 0 Å². The molecule has 0 saturated heterocycles. The molecule has 1 saturated carbocycles. The smallest absolute Gasteiger partial charge is 0.330 e. The quantitative estimate of drug-likeness (QED) is 0.823. The molecule has 1 N–H and O–H groups in total. The molecule has 0 spiro atoms. The van der Waals surface area contributed by atoms with Crippen molar-refractivity contribution in [3.05, 3.63) is 74.6 Å². The van der Waals surface area contributed by atoms with Crippen molar-refractivity contribution in [2.45, 2.75) is 31.7 Å². The minimum Gasteiger partial charge on any atom is -0.345 e. The van der Waals surface area contributed by atoms with Gasteiger partial charge in [0.1, 0.15) is 0 Å². The molecule has 6 heteroatoms. The Morgan fingerprint density at radius 2 is 1.81 bits per heavy atom. The molecule has 1 unspecified atom stereocenters. The Bertz CT molecular complexity index is 951. The highest BCUT2D eigenvalue weighted by Crippen LogP contribution is 2.35. The second-order valence-electron chi connectivity index (χ2n) is 7.12. The number of hydrogen-bond acceptors (Lipinski definition) is 3. The third-order valence-electron chi connectivity index (χ3n) is 5.21. The summed E-state index contributed by atoms with van der Waals surface area (Å²) in [4.78, 5) is 36.5. The van der Waals surface area contributed by atoms with E-state index < -0.39 is 11.2 Å². The van der Waals surface area contributed by atoms with Crippen molar-refractivity contribution < 1.29 is 4.79 Å². The SMILES string of the molecule is Cn1cc(C=CC(=O)NC(c2ccccc2)C2CCCC2)c(=O)n(C)c1=O. The van der Waals surface area contributed by atoms with Gasteiger partial charge in [-0.25, -0.2) is 4.79 Å². The fourth-order valence-electron chi connectivity index (χ4n) is 3.74. The van der Waals surface area contributed by atoms with E-state index in [0.29, 0.717) is 11.5 Å². The highest BCUT2D eigenvalue weighted by molar-refractivity contribution is 5.91. The van der Waals surface area contributed by atoms with Gasteiger partial charge in [0.2, 0.25) is 5.91 Å². The average molecular weight is 367 g/mol. The number of carbonyl (C=O) groups excluding carboxylic acids is 1. The van der Waals surface area contributed by atoms with Crippen LogP contribution in [-0.4, -0.2) is 15.0 Å². The van der Waals surface area contributed by atoms with Crippen LogP contribution in [0.2, 0.25) is 0 Å². The first-order chi connectivity index (χ1) is 13.0. The summed E-state index contributed by atoms with van der Waals surface area (Å²) >= 11 is 0. The minimum atomic E-state index is -0.419. The second-order valence-corrected chi connectivity index (χ2v) is 7.12. The lowest BCUT2D eigenvalue weighted by Gasteiger charge is -2.24. The molecule has 27 heavy (non-hydrogen) atoms. The van der Waals surface area contributed by atoms with Gasteiger partial charge in [0.25, 0.3) is 5.56 Å². The van der Waals surface area contributed by atoms with Crippen molar-refractivity contribution in [1.82, 2.24) is 14.5 Å². The number of aromatic nitrogens is 2. The fourth-order valence-corrected chi connectivity index (χ4v) is 3.74. The van der Waals surface area contributed by atoms with E-state index in [1.54, 1.807) is 7.05 Å². The van der Waals surface area contributed by atoms with Gasteiger partial charge in [-0.15, -0.1) is 0 Å². The predicted octanol–water partition coefficient (Wildman–Crippen LogP) is 2.14. The molecule has 0 aliphatic heterocycles.